The topological polar surface area (TPSA) is 258 Å². The number of aliphatic carboxylic acids is 4. The minimum absolute atomic E-state index is 1.14. The Bertz CT molecular complexity index is 867. The lowest BCUT2D eigenvalue weighted by Gasteiger charge is -2.32. The van der Waals surface area contributed by atoms with E-state index in [1.54, 1.807) is 25.7 Å². The summed E-state index contributed by atoms with van der Waals surface area (Å²) >= 11 is 0. The van der Waals surface area contributed by atoms with Gasteiger partial charge >= 0.3 is 23.9 Å². The van der Waals surface area contributed by atoms with Crippen LogP contribution >= 0.6 is 0 Å². The van der Waals surface area contributed by atoms with Crippen molar-refractivity contribution >= 4 is 44.1 Å². The third kappa shape index (κ3) is 14.3. The molecule has 2 atom stereocenters. The molecule has 0 aliphatic heterocycles. The SMILES string of the molecule is C1CCC(C2CCCCC2)CC1.O=C(O)CC(C(=O)O)S(=O)(=O)O.O=C(O)CC(C(=O)O)S(=O)(=O)O. The monoisotopic (exact) mass is 562 g/mol. The fourth-order valence-corrected chi connectivity index (χ4v) is 5.38. The van der Waals surface area contributed by atoms with Gasteiger partial charge in [0.1, 0.15) is 0 Å². The van der Waals surface area contributed by atoms with E-state index in [-0.39, 0.29) is 0 Å². The van der Waals surface area contributed by atoms with Gasteiger partial charge in [0, 0.05) is 0 Å². The Morgan fingerprint density at radius 3 is 0.944 bits per heavy atom. The van der Waals surface area contributed by atoms with Gasteiger partial charge in [-0.1, -0.05) is 64.2 Å². The average Bonchev–Trinajstić information content (AvgIpc) is 2.76. The first-order valence-electron chi connectivity index (χ1n) is 11.3. The van der Waals surface area contributed by atoms with Gasteiger partial charge in [-0.05, 0) is 11.8 Å². The molecule has 0 aromatic carbocycles. The second-order valence-electron chi connectivity index (χ2n) is 8.68. The Morgan fingerprint density at radius 2 is 0.806 bits per heavy atom. The predicted molar refractivity (Wildman–Crippen MR) is 124 cm³/mol. The number of carboxylic acid groups (broad SMARTS) is 4. The molecule has 2 saturated carbocycles. The van der Waals surface area contributed by atoms with Gasteiger partial charge in [0.2, 0.25) is 0 Å². The summed E-state index contributed by atoms with van der Waals surface area (Å²) in [5.74, 6) is -4.72. The van der Waals surface area contributed by atoms with Crippen molar-refractivity contribution in [2.75, 3.05) is 0 Å². The molecule has 16 heteroatoms. The molecule has 2 fully saturated rings. The molecule has 0 spiro atoms. The molecule has 0 aromatic heterocycles. The van der Waals surface area contributed by atoms with E-state index < -0.39 is 67.5 Å². The van der Waals surface area contributed by atoms with Gasteiger partial charge < -0.3 is 20.4 Å². The van der Waals surface area contributed by atoms with Crippen LogP contribution in [0.15, 0.2) is 0 Å². The molecule has 0 radical (unpaired) electrons. The van der Waals surface area contributed by atoms with Crippen molar-refractivity contribution in [1.82, 2.24) is 0 Å². The van der Waals surface area contributed by atoms with E-state index in [1.807, 2.05) is 0 Å². The fraction of sp³-hybridized carbons (Fsp3) is 0.800. The molecule has 2 aliphatic rings. The van der Waals surface area contributed by atoms with E-state index >= 15 is 0 Å². The van der Waals surface area contributed by atoms with Gasteiger partial charge in [0.05, 0.1) is 12.8 Å². The van der Waals surface area contributed by atoms with Crippen molar-refractivity contribution in [3.63, 3.8) is 0 Å². The molecule has 14 nitrogen and oxygen atoms in total. The summed E-state index contributed by atoms with van der Waals surface area (Å²) in [7, 11) is -9.68. The van der Waals surface area contributed by atoms with Crippen LogP contribution in [-0.2, 0) is 39.4 Å². The summed E-state index contributed by atoms with van der Waals surface area (Å²) in [4.78, 5) is 40.0. The first-order valence-corrected chi connectivity index (χ1v) is 14.3. The highest BCUT2D eigenvalue weighted by Gasteiger charge is 2.34. The van der Waals surface area contributed by atoms with Crippen LogP contribution in [0.5, 0.6) is 0 Å². The first kappa shape index (κ1) is 33.7. The summed E-state index contributed by atoms with van der Waals surface area (Å²) in [6, 6.07) is 0. The minimum Gasteiger partial charge on any atom is -0.481 e. The van der Waals surface area contributed by atoms with Gasteiger partial charge in [-0.3, -0.25) is 28.3 Å². The largest absolute Gasteiger partial charge is 0.481 e. The highest BCUT2D eigenvalue weighted by Crippen LogP contribution is 2.37. The van der Waals surface area contributed by atoms with Crippen molar-refractivity contribution in [2.45, 2.75) is 87.5 Å². The summed E-state index contributed by atoms with van der Waals surface area (Å²) < 4.78 is 57.3. The molecular weight excluding hydrogens is 528 g/mol. The summed E-state index contributed by atoms with van der Waals surface area (Å²) in [5, 5.41) is 27.8. The fourth-order valence-electron chi connectivity index (χ4n) is 4.17. The van der Waals surface area contributed by atoms with Gasteiger partial charge in [-0.25, -0.2) is 0 Å². The number of hydrogen-bond acceptors (Lipinski definition) is 8. The van der Waals surface area contributed by atoms with Gasteiger partial charge in [-0.15, -0.1) is 0 Å². The molecular formula is C20H34O14S2. The highest BCUT2D eigenvalue weighted by molar-refractivity contribution is 7.87. The van der Waals surface area contributed by atoms with Crippen LogP contribution in [0.2, 0.25) is 0 Å². The molecule has 210 valence electrons. The van der Waals surface area contributed by atoms with Crippen molar-refractivity contribution in [3.05, 3.63) is 0 Å². The van der Waals surface area contributed by atoms with E-state index in [9.17, 15) is 36.0 Å². The number of carboxylic acids is 4. The van der Waals surface area contributed by atoms with Crippen LogP contribution in [0.25, 0.3) is 0 Å². The number of carbonyl (C=O) groups is 4. The molecule has 0 amide bonds. The van der Waals surface area contributed by atoms with Gasteiger partial charge in [-0.2, -0.15) is 16.8 Å². The van der Waals surface area contributed by atoms with Crippen LogP contribution in [0, 0.1) is 11.8 Å². The van der Waals surface area contributed by atoms with Gasteiger partial charge in [0.25, 0.3) is 20.2 Å². The smallest absolute Gasteiger partial charge is 0.325 e. The molecule has 0 heterocycles. The van der Waals surface area contributed by atoms with Crippen molar-refractivity contribution in [1.29, 1.82) is 0 Å². The Kier molecular flexibility index (Phi) is 14.7. The van der Waals surface area contributed by atoms with E-state index in [0.29, 0.717) is 0 Å². The maximum absolute atomic E-state index is 10.2. The molecule has 0 aromatic rings. The maximum atomic E-state index is 10.2. The first-order chi connectivity index (χ1) is 16.5. The molecule has 6 N–H and O–H groups in total. The minimum atomic E-state index is -4.84. The third-order valence-electron chi connectivity index (χ3n) is 5.96. The summed E-state index contributed by atoms with van der Waals surface area (Å²) in [5.41, 5.74) is 0. The van der Waals surface area contributed by atoms with Crippen LogP contribution in [0.4, 0.5) is 0 Å². The highest BCUT2D eigenvalue weighted by atomic mass is 32.2. The molecule has 2 rings (SSSR count). The molecule has 0 saturated heterocycles. The normalized spacial score (nSPS) is 18.8. The van der Waals surface area contributed by atoms with E-state index in [0.717, 1.165) is 11.8 Å². The Hall–Kier alpha value is -2.30. The van der Waals surface area contributed by atoms with Gasteiger partial charge in [0.15, 0.2) is 10.5 Å². The lowest BCUT2D eigenvalue weighted by atomic mass is 9.73. The van der Waals surface area contributed by atoms with Crippen LogP contribution in [0.3, 0.4) is 0 Å². The van der Waals surface area contributed by atoms with Crippen LogP contribution in [-0.4, -0.2) is 80.7 Å². The van der Waals surface area contributed by atoms with Crippen LogP contribution in [0.1, 0.15) is 77.0 Å². The number of rotatable bonds is 9. The molecule has 2 aliphatic carbocycles. The Morgan fingerprint density at radius 1 is 0.556 bits per heavy atom. The predicted octanol–water partition coefficient (Wildman–Crippen LogP) is 1.75. The molecule has 2 unspecified atom stereocenters. The number of hydrogen-bond donors (Lipinski definition) is 6. The summed E-state index contributed by atoms with van der Waals surface area (Å²) in [6.45, 7) is 0. The molecule has 36 heavy (non-hydrogen) atoms. The van der Waals surface area contributed by atoms with Crippen molar-refractivity contribution in [2.24, 2.45) is 11.8 Å². The standard InChI is InChI=1S/C12H22.2C4H6O7S/c1-3-7-11(8-4-1)12-9-5-2-6-10-12;2*5-3(6)1-2(4(7)8)12(9,10)11/h11-12H,1-10H2;2*2H,1H2,(H,5,6)(H,7,8)(H,9,10,11). The van der Waals surface area contributed by atoms with Crippen molar-refractivity contribution in [3.8, 4) is 0 Å². The third-order valence-corrected chi connectivity index (χ3v) is 8.13. The second-order valence-corrected chi connectivity index (χ2v) is 11.9. The Labute approximate surface area is 209 Å². The van der Waals surface area contributed by atoms with Crippen LogP contribution < -0.4 is 0 Å². The summed E-state index contributed by atoms with van der Waals surface area (Å²) in [6.07, 6.45) is 13.1. The Balaban J connectivity index is 0.000000510. The average molecular weight is 563 g/mol. The quantitative estimate of drug-likeness (QED) is 0.219. The van der Waals surface area contributed by atoms with E-state index in [1.165, 1.54) is 38.5 Å². The lowest BCUT2D eigenvalue weighted by Crippen LogP contribution is -2.31. The zero-order valence-corrected chi connectivity index (χ0v) is 21.2. The van der Waals surface area contributed by atoms with E-state index in [2.05, 4.69) is 0 Å². The van der Waals surface area contributed by atoms with Crippen molar-refractivity contribution < 1.29 is 65.5 Å². The zero-order valence-electron chi connectivity index (χ0n) is 19.6. The zero-order chi connectivity index (χ0) is 28.1. The maximum Gasteiger partial charge on any atom is 0.325 e. The van der Waals surface area contributed by atoms with E-state index in [4.69, 9.17) is 29.5 Å². The second kappa shape index (κ2) is 15.7. The molecule has 0 bridgehead atoms. The lowest BCUT2D eigenvalue weighted by molar-refractivity contribution is -0.143.